The SMILES string of the molecule is Cc1ccc(C)c(S)c1N.Cl. The van der Waals surface area contributed by atoms with Gasteiger partial charge in [-0.05, 0) is 25.0 Å². The van der Waals surface area contributed by atoms with Gasteiger partial charge in [-0.3, -0.25) is 0 Å². The molecule has 0 atom stereocenters. The van der Waals surface area contributed by atoms with Gasteiger partial charge in [0.05, 0.1) is 0 Å². The van der Waals surface area contributed by atoms with E-state index < -0.39 is 0 Å². The van der Waals surface area contributed by atoms with Crippen molar-refractivity contribution in [2.75, 3.05) is 5.73 Å². The summed E-state index contributed by atoms with van der Waals surface area (Å²) in [4.78, 5) is 0.903. The zero-order valence-corrected chi connectivity index (χ0v) is 8.30. The highest BCUT2D eigenvalue weighted by Gasteiger charge is 1.99. The lowest BCUT2D eigenvalue weighted by Gasteiger charge is -2.05. The lowest BCUT2D eigenvalue weighted by atomic mass is 10.1. The molecular formula is C8H12ClNS. The monoisotopic (exact) mass is 189 g/mol. The molecule has 0 saturated heterocycles. The fraction of sp³-hybridized carbons (Fsp3) is 0.250. The van der Waals surface area contributed by atoms with Gasteiger partial charge in [-0.2, -0.15) is 0 Å². The third-order valence-electron chi connectivity index (χ3n) is 1.64. The van der Waals surface area contributed by atoms with Gasteiger partial charge in [-0.1, -0.05) is 12.1 Å². The molecule has 1 rings (SSSR count). The Balaban J connectivity index is 0.000001000. The van der Waals surface area contributed by atoms with E-state index in [2.05, 4.69) is 12.6 Å². The summed E-state index contributed by atoms with van der Waals surface area (Å²) >= 11 is 4.26. The molecule has 1 aromatic carbocycles. The van der Waals surface area contributed by atoms with Gasteiger partial charge < -0.3 is 5.73 Å². The number of rotatable bonds is 0. The number of anilines is 1. The van der Waals surface area contributed by atoms with Gasteiger partial charge >= 0.3 is 0 Å². The predicted molar refractivity (Wildman–Crippen MR) is 54.8 cm³/mol. The zero-order valence-electron chi connectivity index (χ0n) is 6.59. The summed E-state index contributed by atoms with van der Waals surface area (Å²) in [6, 6.07) is 4.03. The molecule has 0 bridgehead atoms. The molecule has 0 radical (unpaired) electrons. The number of nitrogens with two attached hydrogens (primary N) is 1. The van der Waals surface area contributed by atoms with Crippen LogP contribution in [0.5, 0.6) is 0 Å². The van der Waals surface area contributed by atoms with Crippen LogP contribution in [0.4, 0.5) is 5.69 Å². The lowest BCUT2D eigenvalue weighted by Crippen LogP contribution is -1.92. The summed E-state index contributed by atoms with van der Waals surface area (Å²) in [6.45, 7) is 3.98. The molecule has 0 aromatic heterocycles. The van der Waals surface area contributed by atoms with E-state index in [0.29, 0.717) is 0 Å². The minimum atomic E-state index is 0. The van der Waals surface area contributed by atoms with Crippen LogP contribution < -0.4 is 5.73 Å². The van der Waals surface area contributed by atoms with Crippen molar-refractivity contribution >= 4 is 30.7 Å². The Labute approximate surface area is 78.8 Å². The normalized spacial score (nSPS) is 9.00. The molecule has 0 heterocycles. The van der Waals surface area contributed by atoms with E-state index in [4.69, 9.17) is 5.73 Å². The molecule has 0 unspecified atom stereocenters. The number of nitrogen functional groups attached to an aromatic ring is 1. The Morgan fingerprint density at radius 2 is 1.64 bits per heavy atom. The van der Waals surface area contributed by atoms with Gasteiger partial charge in [-0.25, -0.2) is 0 Å². The molecule has 3 heteroatoms. The highest BCUT2D eigenvalue weighted by atomic mass is 35.5. The largest absolute Gasteiger partial charge is 0.398 e. The van der Waals surface area contributed by atoms with E-state index >= 15 is 0 Å². The second-order valence-electron chi connectivity index (χ2n) is 2.46. The van der Waals surface area contributed by atoms with Crippen molar-refractivity contribution < 1.29 is 0 Å². The van der Waals surface area contributed by atoms with Crippen LogP contribution >= 0.6 is 25.0 Å². The van der Waals surface area contributed by atoms with Crippen LogP contribution in [-0.2, 0) is 0 Å². The first-order valence-electron chi connectivity index (χ1n) is 3.17. The third kappa shape index (κ3) is 2.04. The van der Waals surface area contributed by atoms with Gasteiger partial charge in [0.1, 0.15) is 0 Å². The first-order valence-corrected chi connectivity index (χ1v) is 3.62. The number of benzene rings is 1. The molecule has 0 saturated carbocycles. The summed E-state index contributed by atoms with van der Waals surface area (Å²) in [6.07, 6.45) is 0. The molecule has 0 fully saturated rings. The minimum Gasteiger partial charge on any atom is -0.398 e. The van der Waals surface area contributed by atoms with E-state index in [1.807, 2.05) is 26.0 Å². The Morgan fingerprint density at radius 1 is 1.18 bits per heavy atom. The molecule has 0 spiro atoms. The molecule has 11 heavy (non-hydrogen) atoms. The van der Waals surface area contributed by atoms with Crippen molar-refractivity contribution in [3.8, 4) is 0 Å². The third-order valence-corrected chi connectivity index (χ3v) is 2.23. The van der Waals surface area contributed by atoms with E-state index in [9.17, 15) is 0 Å². The van der Waals surface area contributed by atoms with Crippen molar-refractivity contribution in [3.05, 3.63) is 23.3 Å². The molecule has 1 aromatic rings. The van der Waals surface area contributed by atoms with Crippen LogP contribution in [0.15, 0.2) is 17.0 Å². The maximum Gasteiger partial charge on any atom is 0.0482 e. The minimum absolute atomic E-state index is 0. The Kier molecular flexibility index (Phi) is 3.76. The first-order chi connectivity index (χ1) is 4.63. The van der Waals surface area contributed by atoms with Gasteiger partial charge in [0, 0.05) is 10.6 Å². The first kappa shape index (κ1) is 10.7. The number of aryl methyl sites for hydroxylation is 2. The number of thiol groups is 1. The average molecular weight is 190 g/mol. The second-order valence-corrected chi connectivity index (χ2v) is 2.91. The maximum atomic E-state index is 5.71. The van der Waals surface area contributed by atoms with E-state index in [0.717, 1.165) is 21.7 Å². The van der Waals surface area contributed by atoms with Gasteiger partial charge in [-0.15, -0.1) is 25.0 Å². The van der Waals surface area contributed by atoms with Crippen LogP contribution in [0.2, 0.25) is 0 Å². The lowest BCUT2D eigenvalue weighted by molar-refractivity contribution is 1.28. The van der Waals surface area contributed by atoms with Gasteiger partial charge in [0.25, 0.3) is 0 Å². The van der Waals surface area contributed by atoms with Crippen LogP contribution in [0, 0.1) is 13.8 Å². The summed E-state index contributed by atoms with van der Waals surface area (Å²) in [5, 5.41) is 0. The summed E-state index contributed by atoms with van der Waals surface area (Å²) < 4.78 is 0. The van der Waals surface area contributed by atoms with Crippen molar-refractivity contribution in [1.82, 2.24) is 0 Å². The fourth-order valence-corrected chi connectivity index (χ4v) is 1.07. The molecule has 0 aliphatic heterocycles. The zero-order chi connectivity index (χ0) is 7.72. The van der Waals surface area contributed by atoms with Crippen LogP contribution in [-0.4, -0.2) is 0 Å². The predicted octanol–water partition coefficient (Wildman–Crippen LogP) is 2.60. The highest BCUT2D eigenvalue weighted by Crippen LogP contribution is 2.23. The molecule has 0 amide bonds. The van der Waals surface area contributed by atoms with Crippen molar-refractivity contribution in [1.29, 1.82) is 0 Å². The smallest absolute Gasteiger partial charge is 0.0482 e. The summed E-state index contributed by atoms with van der Waals surface area (Å²) in [5.41, 5.74) is 8.73. The topological polar surface area (TPSA) is 26.0 Å². The van der Waals surface area contributed by atoms with E-state index in [1.165, 1.54) is 0 Å². The van der Waals surface area contributed by atoms with Gasteiger partial charge in [0.2, 0.25) is 0 Å². The Morgan fingerprint density at radius 3 is 2.09 bits per heavy atom. The summed E-state index contributed by atoms with van der Waals surface area (Å²) in [5.74, 6) is 0. The highest BCUT2D eigenvalue weighted by molar-refractivity contribution is 7.80. The average Bonchev–Trinajstić information content (AvgIpc) is 1.93. The Hall–Kier alpha value is -0.340. The van der Waals surface area contributed by atoms with Gasteiger partial charge in [0.15, 0.2) is 0 Å². The number of hydrogen-bond acceptors (Lipinski definition) is 2. The molecule has 0 aliphatic rings. The molecule has 0 aliphatic carbocycles. The number of hydrogen-bond donors (Lipinski definition) is 2. The fourth-order valence-electron chi connectivity index (χ4n) is 0.818. The van der Waals surface area contributed by atoms with Crippen molar-refractivity contribution in [3.63, 3.8) is 0 Å². The standard InChI is InChI=1S/C8H11NS.ClH/c1-5-3-4-6(2)8(10)7(5)9;/h3-4,10H,9H2,1-2H3;1H. The van der Waals surface area contributed by atoms with E-state index in [1.54, 1.807) is 0 Å². The molecule has 1 nitrogen and oxygen atoms in total. The Bertz CT molecular complexity index is 234. The van der Waals surface area contributed by atoms with Crippen LogP contribution in [0.3, 0.4) is 0 Å². The molecule has 62 valence electrons. The second kappa shape index (κ2) is 3.88. The number of halogens is 1. The summed E-state index contributed by atoms with van der Waals surface area (Å²) in [7, 11) is 0. The van der Waals surface area contributed by atoms with Crippen molar-refractivity contribution in [2.24, 2.45) is 0 Å². The molecule has 2 N–H and O–H groups in total. The quantitative estimate of drug-likeness (QED) is 0.476. The van der Waals surface area contributed by atoms with Crippen LogP contribution in [0.25, 0.3) is 0 Å². The maximum absolute atomic E-state index is 5.71. The van der Waals surface area contributed by atoms with Crippen LogP contribution in [0.1, 0.15) is 11.1 Å². The van der Waals surface area contributed by atoms with E-state index in [-0.39, 0.29) is 12.4 Å². The van der Waals surface area contributed by atoms with Crippen molar-refractivity contribution in [2.45, 2.75) is 18.7 Å². The molecular weight excluding hydrogens is 178 g/mol.